The van der Waals surface area contributed by atoms with Gasteiger partial charge in [0.15, 0.2) is 0 Å². The molecule has 3 aromatic rings. The third-order valence-corrected chi connectivity index (χ3v) is 6.55. The Balaban J connectivity index is 1.33. The van der Waals surface area contributed by atoms with Crippen LogP contribution >= 0.6 is 11.8 Å². The molecule has 1 aliphatic rings. The summed E-state index contributed by atoms with van der Waals surface area (Å²) in [6, 6.07) is 19.1. The van der Waals surface area contributed by atoms with Gasteiger partial charge in [-0.05, 0) is 54.8 Å². The molecule has 0 radical (unpaired) electrons. The van der Waals surface area contributed by atoms with Crippen LogP contribution in [0.1, 0.15) is 10.4 Å². The smallest absolute Gasteiger partial charge is 0.321 e. The molecule has 33 heavy (non-hydrogen) atoms. The Kier molecular flexibility index (Phi) is 7.14. The van der Waals surface area contributed by atoms with E-state index in [4.69, 9.17) is 0 Å². The van der Waals surface area contributed by atoms with Gasteiger partial charge in [-0.2, -0.15) is 0 Å². The topological polar surface area (TPSA) is 68.8 Å². The predicted molar refractivity (Wildman–Crippen MR) is 133 cm³/mol. The molecule has 1 N–H and O–H groups in total. The van der Waals surface area contributed by atoms with Gasteiger partial charge in [-0.15, -0.1) is 11.8 Å². The average molecular weight is 462 g/mol. The Bertz CT molecular complexity index is 1100. The first-order valence-corrected chi connectivity index (χ1v) is 12.0. The number of benzene rings is 2. The van der Waals surface area contributed by atoms with Crippen LogP contribution in [0.5, 0.6) is 0 Å². The van der Waals surface area contributed by atoms with E-state index in [0.29, 0.717) is 31.7 Å². The highest BCUT2D eigenvalue weighted by Crippen LogP contribution is 2.25. The number of nitrogens with one attached hydrogen (secondary N) is 1. The van der Waals surface area contributed by atoms with Crippen molar-refractivity contribution >= 4 is 40.8 Å². The molecule has 0 saturated carbocycles. The van der Waals surface area contributed by atoms with Crippen molar-refractivity contribution < 1.29 is 9.59 Å². The third kappa shape index (κ3) is 5.28. The van der Waals surface area contributed by atoms with Crippen molar-refractivity contribution in [1.29, 1.82) is 0 Å². The summed E-state index contributed by atoms with van der Waals surface area (Å²) in [5.74, 6) is -0.0131. The van der Waals surface area contributed by atoms with Crippen LogP contribution in [0, 0.1) is 0 Å². The van der Waals surface area contributed by atoms with Gasteiger partial charge >= 0.3 is 6.03 Å². The number of hydrogen-bond acceptors (Lipinski definition) is 5. The number of thioether (sulfide) groups is 1. The van der Waals surface area contributed by atoms with Crippen molar-refractivity contribution in [1.82, 2.24) is 14.8 Å². The minimum atomic E-state index is -0.132. The van der Waals surface area contributed by atoms with E-state index in [9.17, 15) is 9.59 Å². The molecule has 2 heterocycles. The first-order chi connectivity index (χ1) is 16.1. The molecule has 170 valence electrons. The quantitative estimate of drug-likeness (QED) is 0.564. The Hall–Kier alpha value is -3.52. The lowest BCUT2D eigenvalue weighted by Gasteiger charge is -2.35. The summed E-state index contributed by atoms with van der Waals surface area (Å²) < 4.78 is 0. The first kappa shape index (κ1) is 22.7. The standard InChI is InChI=1S/C25H27N5O2S/c1-28(21-11-13-26-14-12-21)20-9-7-19(8-10-20)24(31)29-15-17-30(18-16-29)25(32)27-22-5-3-4-6-23(22)33-2/h3-14H,15-18H2,1-2H3,(H,27,32). The lowest BCUT2D eigenvalue weighted by molar-refractivity contribution is 0.0671. The lowest BCUT2D eigenvalue weighted by atomic mass is 10.1. The van der Waals surface area contributed by atoms with Gasteiger partial charge in [0.05, 0.1) is 5.69 Å². The number of urea groups is 1. The molecule has 1 aromatic heterocycles. The van der Waals surface area contributed by atoms with Gasteiger partial charge in [-0.1, -0.05) is 12.1 Å². The van der Waals surface area contributed by atoms with Crippen molar-refractivity contribution in [2.75, 3.05) is 49.7 Å². The molecule has 8 heteroatoms. The van der Waals surface area contributed by atoms with Gasteiger partial charge in [0, 0.05) is 67.5 Å². The van der Waals surface area contributed by atoms with Crippen LogP contribution in [0.25, 0.3) is 0 Å². The number of carbonyl (C=O) groups is 2. The van der Waals surface area contributed by atoms with E-state index >= 15 is 0 Å². The molecule has 1 aliphatic heterocycles. The molecule has 0 bridgehead atoms. The van der Waals surface area contributed by atoms with E-state index in [1.165, 1.54) is 0 Å². The summed E-state index contributed by atoms with van der Waals surface area (Å²) in [5, 5.41) is 2.99. The number of para-hydroxylation sites is 1. The molecule has 4 rings (SSSR count). The maximum atomic E-state index is 13.0. The summed E-state index contributed by atoms with van der Waals surface area (Å²) in [6.07, 6.45) is 5.50. The van der Waals surface area contributed by atoms with Crippen LogP contribution in [-0.2, 0) is 0 Å². The van der Waals surface area contributed by atoms with Crippen molar-refractivity contribution in [3.8, 4) is 0 Å². The van der Waals surface area contributed by atoms with Gasteiger partial charge in [0.2, 0.25) is 0 Å². The first-order valence-electron chi connectivity index (χ1n) is 10.8. The van der Waals surface area contributed by atoms with Gasteiger partial charge in [0.1, 0.15) is 0 Å². The highest BCUT2D eigenvalue weighted by Gasteiger charge is 2.25. The van der Waals surface area contributed by atoms with Crippen LogP contribution in [-0.4, -0.2) is 66.2 Å². The summed E-state index contributed by atoms with van der Waals surface area (Å²) in [5.41, 5.74) is 3.47. The molecule has 1 saturated heterocycles. The van der Waals surface area contributed by atoms with E-state index in [1.54, 1.807) is 34.0 Å². The third-order valence-electron chi connectivity index (χ3n) is 5.75. The zero-order valence-electron chi connectivity index (χ0n) is 18.8. The molecule has 0 atom stereocenters. The molecule has 0 spiro atoms. The number of piperazine rings is 1. The zero-order valence-corrected chi connectivity index (χ0v) is 19.6. The average Bonchev–Trinajstić information content (AvgIpc) is 2.89. The SMILES string of the molecule is CSc1ccccc1NC(=O)N1CCN(C(=O)c2ccc(N(C)c3ccncc3)cc2)CC1. The highest BCUT2D eigenvalue weighted by atomic mass is 32.2. The Morgan fingerprint density at radius 1 is 0.879 bits per heavy atom. The fourth-order valence-electron chi connectivity index (χ4n) is 3.78. The number of nitrogens with zero attached hydrogens (tertiary/aromatic N) is 4. The number of carbonyl (C=O) groups excluding carboxylic acids is 2. The Morgan fingerprint density at radius 3 is 2.15 bits per heavy atom. The van der Waals surface area contributed by atoms with Crippen molar-refractivity contribution in [2.45, 2.75) is 4.90 Å². The molecule has 0 aliphatic carbocycles. The van der Waals surface area contributed by atoms with E-state index < -0.39 is 0 Å². The number of pyridine rings is 1. The monoisotopic (exact) mass is 461 g/mol. The fourth-order valence-corrected chi connectivity index (χ4v) is 4.34. The summed E-state index contributed by atoms with van der Waals surface area (Å²) in [4.78, 5) is 36.4. The van der Waals surface area contributed by atoms with Crippen molar-refractivity contribution in [3.05, 3.63) is 78.6 Å². The van der Waals surface area contributed by atoms with Crippen molar-refractivity contribution in [3.63, 3.8) is 0 Å². The van der Waals surface area contributed by atoms with E-state index in [1.807, 2.05) is 78.9 Å². The second-order valence-electron chi connectivity index (χ2n) is 7.72. The van der Waals surface area contributed by atoms with Gasteiger partial charge in [-0.25, -0.2) is 4.79 Å². The number of anilines is 3. The molecule has 7 nitrogen and oxygen atoms in total. The Morgan fingerprint density at radius 2 is 1.48 bits per heavy atom. The van der Waals surface area contributed by atoms with E-state index in [-0.39, 0.29) is 11.9 Å². The second-order valence-corrected chi connectivity index (χ2v) is 8.57. The van der Waals surface area contributed by atoms with Crippen LogP contribution in [0.4, 0.5) is 21.9 Å². The number of amides is 3. The molecule has 3 amide bonds. The molecular weight excluding hydrogens is 434 g/mol. The number of hydrogen-bond donors (Lipinski definition) is 1. The van der Waals surface area contributed by atoms with Gasteiger partial charge in [0.25, 0.3) is 5.91 Å². The zero-order chi connectivity index (χ0) is 23.2. The van der Waals surface area contributed by atoms with Crippen LogP contribution < -0.4 is 10.2 Å². The highest BCUT2D eigenvalue weighted by molar-refractivity contribution is 7.98. The van der Waals surface area contributed by atoms with Gasteiger partial charge < -0.3 is 20.0 Å². The predicted octanol–water partition coefficient (Wildman–Crippen LogP) is 4.56. The number of rotatable bonds is 5. The molecule has 0 unspecified atom stereocenters. The summed E-state index contributed by atoms with van der Waals surface area (Å²) in [6.45, 7) is 2.02. The fraction of sp³-hybridized carbons (Fsp3) is 0.240. The van der Waals surface area contributed by atoms with E-state index in [2.05, 4.69) is 10.3 Å². The lowest BCUT2D eigenvalue weighted by Crippen LogP contribution is -2.51. The molecule has 1 fully saturated rings. The van der Waals surface area contributed by atoms with Gasteiger partial charge in [-0.3, -0.25) is 9.78 Å². The Labute approximate surface area is 198 Å². The maximum absolute atomic E-state index is 13.0. The second kappa shape index (κ2) is 10.4. The summed E-state index contributed by atoms with van der Waals surface area (Å²) >= 11 is 1.60. The molecular formula is C25H27N5O2S. The van der Waals surface area contributed by atoms with Crippen LogP contribution in [0.15, 0.2) is 78.0 Å². The molecule has 2 aromatic carbocycles. The maximum Gasteiger partial charge on any atom is 0.321 e. The minimum Gasteiger partial charge on any atom is -0.345 e. The minimum absolute atomic E-state index is 0.0131. The normalized spacial score (nSPS) is 13.5. The number of aromatic nitrogens is 1. The van der Waals surface area contributed by atoms with Crippen molar-refractivity contribution in [2.24, 2.45) is 0 Å². The van der Waals surface area contributed by atoms with Crippen LogP contribution in [0.3, 0.4) is 0 Å². The van der Waals surface area contributed by atoms with Crippen LogP contribution in [0.2, 0.25) is 0 Å². The summed E-state index contributed by atoms with van der Waals surface area (Å²) in [7, 11) is 1.98. The largest absolute Gasteiger partial charge is 0.345 e. The van der Waals surface area contributed by atoms with E-state index in [0.717, 1.165) is 22.0 Å².